The van der Waals surface area contributed by atoms with Crippen LogP contribution in [0.25, 0.3) is 0 Å². The molecule has 5 nitrogen and oxygen atoms in total. The summed E-state index contributed by atoms with van der Waals surface area (Å²) in [5.74, 6) is -2.04. The van der Waals surface area contributed by atoms with Gasteiger partial charge >= 0.3 is 10.2 Å². The number of hydrogen-bond acceptors (Lipinski definition) is 4. The maximum Gasteiger partial charge on any atom is 0.302 e. The molecule has 1 fully saturated rings. The van der Waals surface area contributed by atoms with Crippen LogP contribution in [-0.4, -0.2) is 33.7 Å². The monoisotopic (exact) mass is 305 g/mol. The van der Waals surface area contributed by atoms with Crippen LogP contribution in [0.15, 0.2) is 18.2 Å². The summed E-state index contributed by atoms with van der Waals surface area (Å²) >= 11 is 0. The number of benzene rings is 1. The van der Waals surface area contributed by atoms with Crippen molar-refractivity contribution in [3.8, 4) is 5.75 Å². The molecule has 0 spiro atoms. The molecule has 1 aromatic carbocycles. The smallest absolute Gasteiger partial charge is 0.302 e. The SMILES string of the molecule is COc1cc(F)cc(N2CC(CS(=O)(=O)F)CC2=O)c1. The van der Waals surface area contributed by atoms with Crippen LogP contribution in [0.3, 0.4) is 0 Å². The maximum atomic E-state index is 13.4. The van der Waals surface area contributed by atoms with Gasteiger partial charge in [-0.05, 0) is 6.07 Å². The Hall–Kier alpha value is -1.70. The number of ether oxygens (including phenoxy) is 1. The second kappa shape index (κ2) is 5.35. The standard InChI is InChI=1S/C12H13F2NO4S/c1-19-11-4-9(13)3-10(5-11)15-6-8(2-12(15)16)7-20(14,17)18/h3-5,8H,2,6-7H2,1H3. The van der Waals surface area contributed by atoms with E-state index in [1.165, 1.54) is 18.1 Å². The molecule has 1 aromatic rings. The minimum atomic E-state index is -4.64. The lowest BCUT2D eigenvalue weighted by atomic mass is 10.1. The molecule has 1 unspecified atom stereocenters. The number of anilines is 1. The van der Waals surface area contributed by atoms with Crippen LogP contribution < -0.4 is 9.64 Å². The van der Waals surface area contributed by atoms with E-state index in [0.29, 0.717) is 0 Å². The van der Waals surface area contributed by atoms with Crippen molar-refractivity contribution < 1.29 is 26.2 Å². The van der Waals surface area contributed by atoms with Crippen LogP contribution in [-0.2, 0) is 15.0 Å². The third kappa shape index (κ3) is 3.44. The average Bonchev–Trinajstić information content (AvgIpc) is 2.66. The fraction of sp³-hybridized carbons (Fsp3) is 0.417. The molecule has 1 aliphatic rings. The molecular weight excluding hydrogens is 292 g/mol. The van der Waals surface area contributed by atoms with Gasteiger partial charge in [-0.25, -0.2) is 4.39 Å². The molecule has 0 bridgehead atoms. The van der Waals surface area contributed by atoms with Crippen LogP contribution >= 0.6 is 0 Å². The van der Waals surface area contributed by atoms with Crippen molar-refractivity contribution in [2.75, 3.05) is 24.3 Å². The first-order valence-corrected chi connectivity index (χ1v) is 7.41. The molecule has 8 heteroatoms. The Morgan fingerprint density at radius 1 is 1.40 bits per heavy atom. The number of carbonyl (C=O) groups excluding carboxylic acids is 1. The van der Waals surface area contributed by atoms with E-state index in [4.69, 9.17) is 4.74 Å². The van der Waals surface area contributed by atoms with E-state index in [-0.39, 0.29) is 30.3 Å². The Balaban J connectivity index is 2.21. The topological polar surface area (TPSA) is 63.7 Å². The van der Waals surface area contributed by atoms with Crippen LogP contribution in [0.2, 0.25) is 0 Å². The number of amides is 1. The van der Waals surface area contributed by atoms with Crippen molar-refractivity contribution in [1.29, 1.82) is 0 Å². The van der Waals surface area contributed by atoms with Crippen molar-refractivity contribution in [3.63, 3.8) is 0 Å². The van der Waals surface area contributed by atoms with Gasteiger partial charge in [0, 0.05) is 31.0 Å². The molecule has 2 rings (SSSR count). The van der Waals surface area contributed by atoms with Gasteiger partial charge in [0.1, 0.15) is 11.6 Å². The van der Waals surface area contributed by atoms with Gasteiger partial charge in [0.05, 0.1) is 18.6 Å². The number of nitrogens with zero attached hydrogens (tertiary/aromatic N) is 1. The molecule has 1 saturated heterocycles. The zero-order valence-corrected chi connectivity index (χ0v) is 11.5. The molecule has 0 aromatic heterocycles. The molecule has 1 heterocycles. The second-order valence-electron chi connectivity index (χ2n) is 4.63. The highest BCUT2D eigenvalue weighted by atomic mass is 32.3. The number of halogens is 2. The highest BCUT2D eigenvalue weighted by molar-refractivity contribution is 7.86. The van der Waals surface area contributed by atoms with Crippen LogP contribution in [0.5, 0.6) is 5.75 Å². The largest absolute Gasteiger partial charge is 0.497 e. The molecule has 1 atom stereocenters. The zero-order chi connectivity index (χ0) is 14.9. The zero-order valence-electron chi connectivity index (χ0n) is 10.7. The van der Waals surface area contributed by atoms with Gasteiger partial charge in [-0.1, -0.05) is 0 Å². The fourth-order valence-electron chi connectivity index (χ4n) is 2.25. The summed E-state index contributed by atoms with van der Waals surface area (Å²) in [6.45, 7) is 0.0363. The first-order chi connectivity index (χ1) is 9.28. The van der Waals surface area contributed by atoms with Gasteiger partial charge in [-0.2, -0.15) is 8.42 Å². The van der Waals surface area contributed by atoms with Gasteiger partial charge < -0.3 is 9.64 Å². The van der Waals surface area contributed by atoms with Crippen molar-refractivity contribution in [2.24, 2.45) is 5.92 Å². The summed E-state index contributed by atoms with van der Waals surface area (Å²) in [7, 11) is -3.27. The highest BCUT2D eigenvalue weighted by Gasteiger charge is 2.34. The van der Waals surface area contributed by atoms with E-state index in [1.807, 2.05) is 0 Å². The quantitative estimate of drug-likeness (QED) is 0.791. The Morgan fingerprint density at radius 2 is 2.10 bits per heavy atom. The van der Waals surface area contributed by atoms with E-state index in [2.05, 4.69) is 0 Å². The van der Waals surface area contributed by atoms with Gasteiger partial charge in [0.2, 0.25) is 5.91 Å². The number of methoxy groups -OCH3 is 1. The van der Waals surface area contributed by atoms with Crippen LogP contribution in [0.4, 0.5) is 14.0 Å². The van der Waals surface area contributed by atoms with Crippen LogP contribution in [0, 0.1) is 11.7 Å². The Labute approximate surface area is 115 Å². The average molecular weight is 305 g/mol. The first kappa shape index (κ1) is 14.7. The summed E-state index contributed by atoms with van der Waals surface area (Å²) < 4.78 is 52.2. The van der Waals surface area contributed by atoms with Crippen molar-refractivity contribution >= 4 is 21.8 Å². The van der Waals surface area contributed by atoms with Gasteiger partial charge in [-0.3, -0.25) is 4.79 Å². The van der Waals surface area contributed by atoms with E-state index >= 15 is 0 Å². The van der Waals surface area contributed by atoms with Crippen molar-refractivity contribution in [1.82, 2.24) is 0 Å². The molecule has 0 aliphatic carbocycles. The summed E-state index contributed by atoms with van der Waals surface area (Å²) in [6.07, 6.45) is -0.0814. The molecular formula is C12H13F2NO4S. The normalized spacial score (nSPS) is 19.4. The Bertz CT molecular complexity index is 632. The lowest BCUT2D eigenvalue weighted by molar-refractivity contribution is -0.117. The van der Waals surface area contributed by atoms with Crippen LogP contribution in [0.1, 0.15) is 6.42 Å². The third-order valence-corrected chi connectivity index (χ3v) is 3.91. The highest BCUT2D eigenvalue weighted by Crippen LogP contribution is 2.29. The minimum Gasteiger partial charge on any atom is -0.497 e. The maximum absolute atomic E-state index is 13.4. The molecule has 0 N–H and O–H groups in total. The molecule has 0 saturated carbocycles. The predicted octanol–water partition coefficient (Wildman–Crippen LogP) is 1.49. The minimum absolute atomic E-state index is 0.0363. The molecule has 0 radical (unpaired) electrons. The first-order valence-electron chi connectivity index (χ1n) is 5.86. The molecule has 110 valence electrons. The summed E-state index contributed by atoms with van der Waals surface area (Å²) in [6, 6.07) is 3.77. The number of carbonyl (C=O) groups is 1. The summed E-state index contributed by atoms with van der Waals surface area (Å²) in [5.41, 5.74) is 0.269. The second-order valence-corrected chi connectivity index (χ2v) is 6.04. The number of rotatable bonds is 4. The Kier molecular flexibility index (Phi) is 3.94. The van der Waals surface area contributed by atoms with Crippen molar-refractivity contribution in [3.05, 3.63) is 24.0 Å². The summed E-state index contributed by atoms with van der Waals surface area (Å²) in [4.78, 5) is 13.1. The van der Waals surface area contributed by atoms with E-state index in [9.17, 15) is 21.5 Å². The number of hydrogen-bond donors (Lipinski definition) is 0. The van der Waals surface area contributed by atoms with Gasteiger partial charge in [-0.15, -0.1) is 3.89 Å². The molecule has 20 heavy (non-hydrogen) atoms. The summed E-state index contributed by atoms with van der Waals surface area (Å²) in [5, 5.41) is 0. The van der Waals surface area contributed by atoms with Gasteiger partial charge in [0.25, 0.3) is 0 Å². The Morgan fingerprint density at radius 3 is 2.70 bits per heavy atom. The van der Waals surface area contributed by atoms with E-state index in [0.717, 1.165) is 12.1 Å². The van der Waals surface area contributed by atoms with Gasteiger partial charge in [0.15, 0.2) is 0 Å². The molecule has 1 aliphatic heterocycles. The van der Waals surface area contributed by atoms with Crippen molar-refractivity contribution in [2.45, 2.75) is 6.42 Å². The third-order valence-electron chi connectivity index (χ3n) is 3.04. The predicted molar refractivity (Wildman–Crippen MR) is 68.3 cm³/mol. The molecule has 1 amide bonds. The lowest BCUT2D eigenvalue weighted by Gasteiger charge is -2.17. The lowest BCUT2D eigenvalue weighted by Crippen LogP contribution is -2.25. The van der Waals surface area contributed by atoms with E-state index in [1.54, 1.807) is 0 Å². The fourth-order valence-corrected chi connectivity index (χ4v) is 3.03. The van der Waals surface area contributed by atoms with E-state index < -0.39 is 27.7 Å².